The molecule has 1 aromatic rings. The molecule has 0 saturated carbocycles. The van der Waals surface area contributed by atoms with Crippen molar-refractivity contribution >= 4 is 17.7 Å². The Labute approximate surface area is 87.6 Å². The summed E-state index contributed by atoms with van der Waals surface area (Å²) in [6.45, 7) is -0.265. The van der Waals surface area contributed by atoms with E-state index in [4.69, 9.17) is 11.6 Å². The van der Waals surface area contributed by atoms with E-state index in [0.717, 1.165) is 6.07 Å². The smallest absolute Gasteiger partial charge is 0.244 e. The molecule has 1 heterocycles. The number of aliphatic imine (C=N–C) groups is 1. The zero-order valence-corrected chi connectivity index (χ0v) is 7.93. The minimum Gasteiger partial charge on any atom is -0.244 e. The number of isocyanates is 1. The van der Waals surface area contributed by atoms with Gasteiger partial charge < -0.3 is 0 Å². The third kappa shape index (κ3) is 3.04. The van der Waals surface area contributed by atoms with Gasteiger partial charge in [-0.1, -0.05) is 11.6 Å². The van der Waals surface area contributed by atoms with Crippen LogP contribution in [0.4, 0.5) is 13.2 Å². The molecular weight excluding hydrogens is 233 g/mol. The van der Waals surface area contributed by atoms with Gasteiger partial charge in [0.25, 0.3) is 0 Å². The molecule has 1 rings (SSSR count). The fraction of sp³-hybridized carbons (Fsp3) is 0.250. The predicted octanol–water partition coefficient (Wildman–Crippen LogP) is 2.59. The van der Waals surface area contributed by atoms with Gasteiger partial charge in [0.05, 0.1) is 12.1 Å². The van der Waals surface area contributed by atoms with Crippen LogP contribution in [-0.4, -0.2) is 11.1 Å². The van der Waals surface area contributed by atoms with Gasteiger partial charge in [-0.2, -0.15) is 13.2 Å². The molecule has 0 amide bonds. The average Bonchev–Trinajstić information content (AvgIpc) is 2.15. The van der Waals surface area contributed by atoms with Gasteiger partial charge in [-0.05, 0) is 6.07 Å². The Morgan fingerprint density at radius 3 is 2.73 bits per heavy atom. The van der Waals surface area contributed by atoms with Gasteiger partial charge in [0, 0.05) is 11.8 Å². The van der Waals surface area contributed by atoms with E-state index in [2.05, 4.69) is 9.98 Å². The molecule has 0 aliphatic carbocycles. The number of aromatic nitrogens is 1. The summed E-state index contributed by atoms with van der Waals surface area (Å²) in [5.74, 6) is 0. The van der Waals surface area contributed by atoms with E-state index in [1.807, 2.05) is 0 Å². The summed E-state index contributed by atoms with van der Waals surface area (Å²) in [5, 5.41) is -0.109. The van der Waals surface area contributed by atoms with Gasteiger partial charge in [-0.25, -0.2) is 14.8 Å². The number of nitrogens with zero attached hydrogens (tertiary/aromatic N) is 2. The van der Waals surface area contributed by atoms with Crippen LogP contribution in [0.15, 0.2) is 17.3 Å². The van der Waals surface area contributed by atoms with Crippen molar-refractivity contribution in [3.8, 4) is 0 Å². The maximum Gasteiger partial charge on any atom is 0.417 e. The molecule has 0 saturated heterocycles. The van der Waals surface area contributed by atoms with Gasteiger partial charge in [0.15, 0.2) is 0 Å². The van der Waals surface area contributed by atoms with Crippen LogP contribution in [0.25, 0.3) is 0 Å². The Morgan fingerprint density at radius 2 is 2.20 bits per heavy atom. The van der Waals surface area contributed by atoms with Gasteiger partial charge >= 0.3 is 6.18 Å². The normalized spacial score (nSPS) is 10.9. The van der Waals surface area contributed by atoms with Crippen molar-refractivity contribution in [3.05, 3.63) is 28.5 Å². The zero-order chi connectivity index (χ0) is 11.5. The Morgan fingerprint density at radius 1 is 1.53 bits per heavy atom. The van der Waals surface area contributed by atoms with Crippen molar-refractivity contribution in [2.75, 3.05) is 0 Å². The molecule has 0 aromatic carbocycles. The maximum absolute atomic E-state index is 12.2. The number of carbonyl (C=O) groups excluding carboxylic acids is 1. The summed E-state index contributed by atoms with van der Waals surface area (Å²) in [7, 11) is 0. The molecule has 0 atom stereocenters. The minimum atomic E-state index is -4.49. The Bertz CT molecular complexity index is 413. The second-order valence-corrected chi connectivity index (χ2v) is 2.94. The van der Waals surface area contributed by atoms with Crippen LogP contribution in [0.3, 0.4) is 0 Å². The highest BCUT2D eigenvalue weighted by Gasteiger charge is 2.31. The minimum absolute atomic E-state index is 0.0369. The van der Waals surface area contributed by atoms with Crippen LogP contribution in [0.5, 0.6) is 0 Å². The van der Waals surface area contributed by atoms with Crippen LogP contribution >= 0.6 is 11.6 Å². The summed E-state index contributed by atoms with van der Waals surface area (Å²) in [5.41, 5.74) is -0.891. The second-order valence-electron chi connectivity index (χ2n) is 2.58. The molecule has 0 spiro atoms. The first-order chi connectivity index (χ1) is 6.95. The number of pyridine rings is 1. The molecule has 15 heavy (non-hydrogen) atoms. The summed E-state index contributed by atoms with van der Waals surface area (Å²) >= 11 is 5.51. The van der Waals surface area contributed by atoms with Crippen molar-refractivity contribution < 1.29 is 18.0 Å². The quantitative estimate of drug-likeness (QED) is 0.450. The van der Waals surface area contributed by atoms with Gasteiger partial charge in [-0.15, -0.1) is 0 Å². The van der Waals surface area contributed by atoms with E-state index >= 15 is 0 Å². The van der Waals surface area contributed by atoms with E-state index in [1.54, 1.807) is 0 Å². The molecule has 80 valence electrons. The van der Waals surface area contributed by atoms with E-state index in [1.165, 1.54) is 6.08 Å². The highest BCUT2D eigenvalue weighted by Crippen LogP contribution is 2.30. The Kier molecular flexibility index (Phi) is 3.44. The molecule has 0 unspecified atom stereocenters. The van der Waals surface area contributed by atoms with Crippen molar-refractivity contribution in [2.24, 2.45) is 4.99 Å². The lowest BCUT2D eigenvalue weighted by Gasteiger charge is -2.07. The van der Waals surface area contributed by atoms with Crippen LogP contribution in [0.1, 0.15) is 11.1 Å². The lowest BCUT2D eigenvalue weighted by molar-refractivity contribution is -0.137. The van der Waals surface area contributed by atoms with Crippen molar-refractivity contribution in [1.29, 1.82) is 0 Å². The standard InChI is InChI=1S/C8H4ClF3N2O/c9-7-5(2-13-4-15)1-6(3-14-7)8(10,11)12/h1,3H,2H2. The van der Waals surface area contributed by atoms with Crippen molar-refractivity contribution in [1.82, 2.24) is 4.98 Å². The third-order valence-corrected chi connectivity index (χ3v) is 1.89. The number of hydrogen-bond donors (Lipinski definition) is 0. The van der Waals surface area contributed by atoms with E-state index in [0.29, 0.717) is 6.20 Å². The van der Waals surface area contributed by atoms with E-state index in [-0.39, 0.29) is 17.3 Å². The largest absolute Gasteiger partial charge is 0.417 e. The zero-order valence-electron chi connectivity index (χ0n) is 7.18. The van der Waals surface area contributed by atoms with Crippen LogP contribution in [-0.2, 0) is 17.5 Å². The molecule has 0 aliphatic rings. The van der Waals surface area contributed by atoms with Crippen molar-refractivity contribution in [3.63, 3.8) is 0 Å². The van der Waals surface area contributed by atoms with Gasteiger partial charge in [-0.3, -0.25) is 0 Å². The summed E-state index contributed by atoms with van der Waals surface area (Å²) in [6, 6.07) is 0.802. The molecule has 0 aliphatic heterocycles. The summed E-state index contributed by atoms with van der Waals surface area (Å²) in [6.07, 6.45) is -2.66. The third-order valence-electron chi connectivity index (χ3n) is 1.55. The first-order valence-corrected chi connectivity index (χ1v) is 4.08. The second kappa shape index (κ2) is 4.42. The number of rotatable bonds is 2. The monoisotopic (exact) mass is 236 g/mol. The van der Waals surface area contributed by atoms with Crippen LogP contribution in [0.2, 0.25) is 5.15 Å². The van der Waals surface area contributed by atoms with Crippen LogP contribution < -0.4 is 0 Å². The highest BCUT2D eigenvalue weighted by molar-refractivity contribution is 6.30. The predicted molar refractivity (Wildman–Crippen MR) is 46.1 cm³/mol. The first kappa shape index (κ1) is 11.7. The molecule has 0 N–H and O–H groups in total. The molecule has 0 fully saturated rings. The molecule has 3 nitrogen and oxygen atoms in total. The molecule has 7 heteroatoms. The van der Waals surface area contributed by atoms with Gasteiger partial charge in [0.1, 0.15) is 5.15 Å². The SMILES string of the molecule is O=C=NCc1cc(C(F)(F)F)cnc1Cl. The van der Waals surface area contributed by atoms with Gasteiger partial charge in [0.2, 0.25) is 6.08 Å². The maximum atomic E-state index is 12.2. The molecule has 0 bridgehead atoms. The lowest BCUT2D eigenvalue weighted by atomic mass is 10.2. The fourth-order valence-corrected chi connectivity index (χ4v) is 1.04. The Balaban J connectivity index is 3.10. The molecule has 1 aromatic heterocycles. The lowest BCUT2D eigenvalue weighted by Crippen LogP contribution is -2.06. The molecule has 0 radical (unpaired) electrons. The molecular formula is C8H4ClF3N2O. The average molecular weight is 237 g/mol. The topological polar surface area (TPSA) is 42.3 Å². The van der Waals surface area contributed by atoms with E-state index < -0.39 is 11.7 Å². The fourth-order valence-electron chi connectivity index (χ4n) is 0.877. The summed E-state index contributed by atoms with van der Waals surface area (Å²) < 4.78 is 36.7. The number of hydrogen-bond acceptors (Lipinski definition) is 3. The summed E-state index contributed by atoms with van der Waals surface area (Å²) in [4.78, 5) is 16.3. The Hall–Kier alpha value is -1.39. The van der Waals surface area contributed by atoms with Crippen molar-refractivity contribution in [2.45, 2.75) is 12.7 Å². The van der Waals surface area contributed by atoms with Crippen LogP contribution in [0, 0.1) is 0 Å². The number of halogens is 4. The number of alkyl halides is 3. The van der Waals surface area contributed by atoms with E-state index in [9.17, 15) is 18.0 Å². The first-order valence-electron chi connectivity index (χ1n) is 3.70. The highest BCUT2D eigenvalue weighted by atomic mass is 35.5.